The molecule has 0 bridgehead atoms. The van der Waals surface area contributed by atoms with Crippen LogP contribution in [0.3, 0.4) is 0 Å². The van der Waals surface area contributed by atoms with Crippen LogP contribution < -0.4 is 0 Å². The first-order valence-electron chi connectivity index (χ1n) is 4.99. The van der Waals surface area contributed by atoms with Crippen LogP contribution in [0.5, 0.6) is 0 Å². The van der Waals surface area contributed by atoms with E-state index >= 15 is 0 Å². The topological polar surface area (TPSA) is 34.1 Å². The molecule has 0 aromatic heterocycles. The van der Waals surface area contributed by atoms with Crippen molar-refractivity contribution in [1.82, 2.24) is 0 Å². The number of hydrogen-bond acceptors (Lipinski definition) is 2. The minimum atomic E-state index is -3.60. The molecule has 0 heterocycles. The van der Waals surface area contributed by atoms with Gasteiger partial charge in [-0.25, -0.2) is 8.42 Å². The largest absolute Gasteiger partial charge is 0.218 e. The van der Waals surface area contributed by atoms with Gasteiger partial charge in [0.2, 0.25) is 9.84 Å². The summed E-state index contributed by atoms with van der Waals surface area (Å²) in [6.07, 6.45) is 0. The molecule has 2 aromatic carbocycles. The Labute approximate surface area is 145 Å². The van der Waals surface area contributed by atoms with Crippen LogP contribution in [0.1, 0.15) is 0 Å². The Morgan fingerprint density at radius 2 is 1.05 bits per heavy atom. The Morgan fingerprint density at radius 1 is 0.684 bits per heavy atom. The summed E-state index contributed by atoms with van der Waals surface area (Å²) in [5, 5.41) is 0. The number of sulfone groups is 1. The molecule has 7 heteroatoms. The van der Waals surface area contributed by atoms with E-state index in [-0.39, 0.29) is 9.79 Å². The lowest BCUT2D eigenvalue weighted by atomic mass is 10.4. The fraction of sp³-hybridized carbons (Fsp3) is 0. The molecule has 0 unspecified atom stereocenters. The highest BCUT2D eigenvalue weighted by molar-refractivity contribution is 9.13. The summed E-state index contributed by atoms with van der Waals surface area (Å²) in [7, 11) is -3.60. The van der Waals surface area contributed by atoms with Crippen molar-refractivity contribution in [2.45, 2.75) is 9.79 Å². The SMILES string of the molecule is O=S(=O)(c1cccc(Br)c1Br)c1cccc(Br)c1Br. The van der Waals surface area contributed by atoms with Crippen molar-refractivity contribution in [2.24, 2.45) is 0 Å². The molecule has 100 valence electrons. The van der Waals surface area contributed by atoms with Crippen LogP contribution in [0.4, 0.5) is 0 Å². The van der Waals surface area contributed by atoms with Gasteiger partial charge in [-0.1, -0.05) is 12.1 Å². The Hall–Kier alpha value is 0.310. The molecule has 2 nitrogen and oxygen atoms in total. The molecule has 0 saturated carbocycles. The molecule has 19 heavy (non-hydrogen) atoms. The summed E-state index contributed by atoms with van der Waals surface area (Å²) in [6.45, 7) is 0. The second-order valence-electron chi connectivity index (χ2n) is 3.61. The summed E-state index contributed by atoms with van der Waals surface area (Å²) >= 11 is 13.2. The number of hydrogen-bond donors (Lipinski definition) is 0. The Bertz CT molecular complexity index is 684. The number of rotatable bonds is 2. The average Bonchev–Trinajstić information content (AvgIpc) is 2.35. The molecule has 0 spiro atoms. The van der Waals surface area contributed by atoms with E-state index in [0.717, 1.165) is 0 Å². The Kier molecular flexibility index (Phi) is 4.93. The average molecular weight is 534 g/mol. The molecule has 0 fully saturated rings. The summed E-state index contributed by atoms with van der Waals surface area (Å²) in [5.74, 6) is 0. The zero-order chi connectivity index (χ0) is 14.2. The Morgan fingerprint density at radius 3 is 1.42 bits per heavy atom. The van der Waals surface area contributed by atoms with Crippen LogP contribution in [0.15, 0.2) is 64.1 Å². The third-order valence-electron chi connectivity index (χ3n) is 2.41. The van der Waals surface area contributed by atoms with E-state index in [4.69, 9.17) is 0 Å². The van der Waals surface area contributed by atoms with E-state index in [2.05, 4.69) is 63.7 Å². The molecule has 0 aliphatic carbocycles. The Balaban J connectivity index is 2.73. The minimum Gasteiger partial charge on any atom is -0.218 e. The molecular weight excluding hydrogens is 528 g/mol. The van der Waals surface area contributed by atoms with E-state index in [0.29, 0.717) is 17.9 Å². The molecule has 0 saturated heterocycles. The quantitative estimate of drug-likeness (QED) is 0.506. The first-order valence-corrected chi connectivity index (χ1v) is 9.64. The fourth-order valence-corrected chi connectivity index (χ4v) is 5.75. The van der Waals surface area contributed by atoms with E-state index < -0.39 is 9.84 Å². The van der Waals surface area contributed by atoms with Gasteiger partial charge in [0.15, 0.2) is 0 Å². The van der Waals surface area contributed by atoms with Crippen LogP contribution in [-0.2, 0) is 9.84 Å². The number of benzene rings is 2. The van der Waals surface area contributed by atoms with E-state index in [1.54, 1.807) is 36.4 Å². The summed E-state index contributed by atoms with van der Waals surface area (Å²) in [6, 6.07) is 10.1. The first-order chi connectivity index (χ1) is 8.85. The third kappa shape index (κ3) is 3.00. The van der Waals surface area contributed by atoms with Gasteiger partial charge in [0.1, 0.15) is 0 Å². The van der Waals surface area contributed by atoms with Crippen LogP contribution in [0, 0.1) is 0 Å². The monoisotopic (exact) mass is 530 g/mol. The molecular formula is C12H6Br4O2S. The second kappa shape index (κ2) is 5.97. The van der Waals surface area contributed by atoms with Gasteiger partial charge in [-0.3, -0.25) is 0 Å². The van der Waals surface area contributed by atoms with Crippen molar-refractivity contribution < 1.29 is 8.42 Å². The zero-order valence-electron chi connectivity index (χ0n) is 9.20. The summed E-state index contributed by atoms with van der Waals surface area (Å²) in [5.41, 5.74) is 0. The number of halogens is 4. The smallest absolute Gasteiger partial charge is 0.208 e. The highest BCUT2D eigenvalue weighted by atomic mass is 79.9. The summed E-state index contributed by atoms with van der Waals surface area (Å²) in [4.78, 5) is 0.446. The highest BCUT2D eigenvalue weighted by Crippen LogP contribution is 2.37. The maximum Gasteiger partial charge on any atom is 0.208 e. The molecule has 0 aliphatic heterocycles. The lowest BCUT2D eigenvalue weighted by molar-refractivity contribution is 0.595. The van der Waals surface area contributed by atoms with Crippen LogP contribution in [0.25, 0.3) is 0 Å². The lowest BCUT2D eigenvalue weighted by Crippen LogP contribution is -2.04. The predicted octanol–water partition coefficient (Wildman–Crippen LogP) is 5.57. The lowest BCUT2D eigenvalue weighted by Gasteiger charge is -2.10. The van der Waals surface area contributed by atoms with E-state index in [1.165, 1.54) is 0 Å². The molecule has 2 rings (SSSR count). The first kappa shape index (κ1) is 15.7. The molecule has 0 amide bonds. The fourth-order valence-electron chi connectivity index (χ4n) is 1.50. The standard InChI is InChI=1S/C12H6Br4O2S/c13-7-3-1-5-9(11(7)15)19(17,18)10-6-2-4-8(14)12(10)16/h1-6H. The van der Waals surface area contributed by atoms with Gasteiger partial charge >= 0.3 is 0 Å². The maximum atomic E-state index is 12.7. The second-order valence-corrected chi connectivity index (χ2v) is 8.79. The van der Waals surface area contributed by atoms with Crippen molar-refractivity contribution in [3.05, 3.63) is 54.3 Å². The molecule has 2 aromatic rings. The van der Waals surface area contributed by atoms with Crippen LogP contribution >= 0.6 is 63.7 Å². The summed E-state index contributed by atoms with van der Waals surface area (Å²) < 4.78 is 27.8. The molecule has 0 radical (unpaired) electrons. The van der Waals surface area contributed by atoms with Crippen molar-refractivity contribution in [3.8, 4) is 0 Å². The van der Waals surface area contributed by atoms with Gasteiger partial charge in [-0.05, 0) is 88.0 Å². The van der Waals surface area contributed by atoms with Crippen molar-refractivity contribution in [2.75, 3.05) is 0 Å². The van der Waals surface area contributed by atoms with Crippen molar-refractivity contribution in [1.29, 1.82) is 0 Å². The predicted molar refractivity (Wildman–Crippen MR) is 89.1 cm³/mol. The van der Waals surface area contributed by atoms with Gasteiger partial charge in [0.25, 0.3) is 0 Å². The van der Waals surface area contributed by atoms with E-state index in [1.807, 2.05) is 0 Å². The van der Waals surface area contributed by atoms with Crippen molar-refractivity contribution in [3.63, 3.8) is 0 Å². The van der Waals surface area contributed by atoms with Gasteiger partial charge in [-0.2, -0.15) is 0 Å². The van der Waals surface area contributed by atoms with Gasteiger partial charge in [0.05, 0.1) is 18.7 Å². The molecule has 0 aliphatic rings. The van der Waals surface area contributed by atoms with Crippen LogP contribution in [0.2, 0.25) is 0 Å². The highest BCUT2D eigenvalue weighted by Gasteiger charge is 2.24. The molecule has 0 N–H and O–H groups in total. The van der Waals surface area contributed by atoms with Crippen molar-refractivity contribution >= 4 is 73.6 Å². The van der Waals surface area contributed by atoms with Gasteiger partial charge in [-0.15, -0.1) is 0 Å². The van der Waals surface area contributed by atoms with Crippen LogP contribution in [-0.4, -0.2) is 8.42 Å². The normalized spacial score (nSPS) is 11.6. The minimum absolute atomic E-state index is 0.223. The maximum absolute atomic E-state index is 12.7. The third-order valence-corrected chi connectivity index (χ3v) is 8.87. The van der Waals surface area contributed by atoms with Gasteiger partial charge < -0.3 is 0 Å². The van der Waals surface area contributed by atoms with Gasteiger partial charge in [0, 0.05) is 8.95 Å². The zero-order valence-corrected chi connectivity index (χ0v) is 16.4. The molecule has 0 atom stereocenters. The van der Waals surface area contributed by atoms with E-state index in [9.17, 15) is 8.42 Å².